The lowest BCUT2D eigenvalue weighted by molar-refractivity contribution is -0.193. The van der Waals surface area contributed by atoms with E-state index in [1.165, 1.54) is 0 Å². The van der Waals surface area contributed by atoms with Gasteiger partial charge in [0, 0.05) is 5.92 Å². The summed E-state index contributed by atoms with van der Waals surface area (Å²) in [5.41, 5.74) is 5.62. The van der Waals surface area contributed by atoms with Crippen LogP contribution in [0.4, 0.5) is 0 Å². The van der Waals surface area contributed by atoms with Crippen molar-refractivity contribution in [1.82, 2.24) is 0 Å². The Morgan fingerprint density at radius 1 is 1.35 bits per heavy atom. The quantitative estimate of drug-likeness (QED) is 0.848. The van der Waals surface area contributed by atoms with Crippen LogP contribution in [0, 0.1) is 40.4 Å². The third kappa shape index (κ3) is 1.33. The zero-order valence-electron chi connectivity index (χ0n) is 12.9. The number of hydrogen-bond acceptors (Lipinski definition) is 6. The van der Waals surface area contributed by atoms with Crippen LogP contribution in [0.5, 0.6) is 0 Å². The molecule has 0 aromatic heterocycles. The third-order valence-corrected chi connectivity index (χ3v) is 5.18. The number of hydrogen-bond donors (Lipinski definition) is 1. The van der Waals surface area contributed by atoms with Crippen molar-refractivity contribution in [3.63, 3.8) is 0 Å². The molecule has 0 amide bonds. The van der Waals surface area contributed by atoms with Crippen molar-refractivity contribution in [1.29, 1.82) is 10.5 Å². The lowest BCUT2D eigenvalue weighted by Crippen LogP contribution is -2.39. The molecular weight excluding hydrogens is 292 g/mol. The second-order valence-electron chi connectivity index (χ2n) is 6.51. The number of nitrogens with zero attached hydrogens (tertiary/aromatic N) is 3. The summed E-state index contributed by atoms with van der Waals surface area (Å²) < 4.78 is 11.7. The van der Waals surface area contributed by atoms with E-state index in [9.17, 15) is 10.5 Å². The topological polar surface area (TPSA) is 104 Å². The minimum absolute atomic E-state index is 0.127. The average Bonchev–Trinajstić information content (AvgIpc) is 2.93. The van der Waals surface area contributed by atoms with Gasteiger partial charge in [-0.3, -0.25) is 0 Å². The highest BCUT2D eigenvalue weighted by molar-refractivity contribution is 6.00. The molecule has 23 heavy (non-hydrogen) atoms. The van der Waals surface area contributed by atoms with Crippen molar-refractivity contribution in [2.45, 2.75) is 31.8 Å². The van der Waals surface area contributed by atoms with E-state index in [4.69, 9.17) is 15.2 Å². The van der Waals surface area contributed by atoms with Crippen molar-refractivity contribution in [3.05, 3.63) is 35.4 Å². The van der Waals surface area contributed by atoms with Crippen LogP contribution in [0.3, 0.4) is 0 Å². The van der Waals surface area contributed by atoms with Gasteiger partial charge in [-0.1, -0.05) is 29.8 Å². The van der Waals surface area contributed by atoms with Crippen LogP contribution in [0.1, 0.15) is 24.0 Å². The van der Waals surface area contributed by atoms with E-state index < -0.39 is 22.7 Å². The molecule has 1 aliphatic carbocycles. The van der Waals surface area contributed by atoms with Crippen LogP contribution in [0.25, 0.3) is 0 Å². The van der Waals surface area contributed by atoms with Gasteiger partial charge in [-0.15, -0.1) is 0 Å². The summed E-state index contributed by atoms with van der Waals surface area (Å²) in [5.74, 6) is -1.76. The fourth-order valence-corrected chi connectivity index (χ4v) is 4.21. The van der Waals surface area contributed by atoms with E-state index in [0.717, 1.165) is 11.1 Å². The summed E-state index contributed by atoms with van der Waals surface area (Å²) in [6.45, 7) is 4.14. The Kier molecular flexibility index (Phi) is 2.54. The molecule has 4 rings (SSSR count). The zero-order chi connectivity index (χ0) is 16.5. The maximum absolute atomic E-state index is 10.0. The molecule has 1 spiro atoms. The van der Waals surface area contributed by atoms with Gasteiger partial charge in [0.15, 0.2) is 5.41 Å². The zero-order valence-corrected chi connectivity index (χ0v) is 12.9. The van der Waals surface area contributed by atoms with Gasteiger partial charge in [0.05, 0.1) is 24.8 Å². The monoisotopic (exact) mass is 308 g/mol. The molecule has 1 saturated heterocycles. The van der Waals surface area contributed by atoms with Crippen LogP contribution in [0.2, 0.25) is 0 Å². The van der Waals surface area contributed by atoms with E-state index in [0.29, 0.717) is 6.61 Å². The first-order valence-electron chi connectivity index (χ1n) is 7.54. The van der Waals surface area contributed by atoms with Crippen LogP contribution in [-0.2, 0) is 9.47 Å². The first-order valence-corrected chi connectivity index (χ1v) is 7.54. The van der Waals surface area contributed by atoms with Gasteiger partial charge < -0.3 is 15.2 Å². The van der Waals surface area contributed by atoms with Crippen molar-refractivity contribution in [2.75, 3.05) is 6.61 Å². The van der Waals surface area contributed by atoms with Gasteiger partial charge in [-0.25, -0.2) is 4.99 Å². The first-order chi connectivity index (χ1) is 11.0. The summed E-state index contributed by atoms with van der Waals surface area (Å²) in [6.07, 6.45) is -0.204. The second kappa shape index (κ2) is 4.11. The van der Waals surface area contributed by atoms with Gasteiger partial charge in [0.2, 0.25) is 0 Å². The van der Waals surface area contributed by atoms with Gasteiger partial charge >= 0.3 is 0 Å². The highest BCUT2D eigenvalue weighted by Crippen LogP contribution is 2.82. The molecule has 0 bridgehead atoms. The second-order valence-corrected chi connectivity index (χ2v) is 6.51. The average molecular weight is 308 g/mol. The molecule has 6 nitrogen and oxygen atoms in total. The minimum atomic E-state index is -1.48. The number of benzene rings is 1. The molecular formula is C17H16N4O2. The van der Waals surface area contributed by atoms with Crippen LogP contribution >= 0.6 is 0 Å². The Morgan fingerprint density at radius 2 is 2.13 bits per heavy atom. The van der Waals surface area contributed by atoms with Gasteiger partial charge in [0.25, 0.3) is 5.91 Å². The molecule has 2 aliphatic heterocycles. The molecule has 6 heteroatoms. The smallest absolute Gasteiger partial charge is 0.293 e. The van der Waals surface area contributed by atoms with Crippen molar-refractivity contribution in [3.8, 4) is 12.1 Å². The van der Waals surface area contributed by atoms with Crippen molar-refractivity contribution in [2.24, 2.45) is 21.6 Å². The predicted octanol–water partition coefficient (Wildman–Crippen LogP) is 1.57. The van der Waals surface area contributed by atoms with Gasteiger partial charge in [0.1, 0.15) is 11.3 Å². The summed E-state index contributed by atoms with van der Waals surface area (Å²) in [4.78, 5) is 4.29. The van der Waals surface area contributed by atoms with Crippen LogP contribution in [0.15, 0.2) is 29.3 Å². The van der Waals surface area contributed by atoms with E-state index in [1.807, 2.05) is 38.1 Å². The Labute approximate surface area is 134 Å². The number of aliphatic imine (C=N–C) groups is 1. The number of ether oxygens (including phenoxy) is 2. The maximum Gasteiger partial charge on any atom is 0.293 e. The molecule has 0 radical (unpaired) electrons. The van der Waals surface area contributed by atoms with Gasteiger partial charge in [-0.2, -0.15) is 10.5 Å². The molecule has 2 fully saturated rings. The van der Waals surface area contributed by atoms with E-state index in [2.05, 4.69) is 17.1 Å². The third-order valence-electron chi connectivity index (χ3n) is 5.18. The number of nitriles is 2. The predicted molar refractivity (Wildman–Crippen MR) is 80.9 cm³/mol. The number of aryl methyl sites for hydroxylation is 1. The number of amidine groups is 1. The summed E-state index contributed by atoms with van der Waals surface area (Å²) in [6, 6.07) is 12.3. The molecule has 1 aromatic carbocycles. The maximum atomic E-state index is 10.0. The molecule has 0 unspecified atom stereocenters. The molecule has 1 aromatic rings. The van der Waals surface area contributed by atoms with E-state index >= 15 is 0 Å². The number of nitrogens with two attached hydrogens (primary N) is 1. The summed E-state index contributed by atoms with van der Waals surface area (Å²) in [5, 5.41) is 19.9. The Bertz CT molecular complexity index is 823. The Hall–Kier alpha value is -2.41. The lowest BCUT2D eigenvalue weighted by atomic mass is 9.93. The molecule has 2 N–H and O–H groups in total. The summed E-state index contributed by atoms with van der Waals surface area (Å²) in [7, 11) is 0. The first kappa shape index (κ1) is 14.2. The lowest BCUT2D eigenvalue weighted by Gasteiger charge is -2.26. The molecule has 3 aliphatic rings. The highest BCUT2D eigenvalue weighted by Gasteiger charge is 2.94. The minimum Gasteiger partial charge on any atom is -0.386 e. The van der Waals surface area contributed by atoms with Crippen molar-refractivity contribution >= 4 is 5.84 Å². The fraction of sp³-hybridized carbons (Fsp3) is 0.471. The molecule has 2 heterocycles. The molecule has 1 saturated carbocycles. The molecule has 5 atom stereocenters. The summed E-state index contributed by atoms with van der Waals surface area (Å²) >= 11 is 0. The van der Waals surface area contributed by atoms with Gasteiger partial charge in [-0.05, 0) is 19.4 Å². The number of rotatable bonds is 1. The largest absolute Gasteiger partial charge is 0.386 e. The van der Waals surface area contributed by atoms with Crippen LogP contribution in [-0.4, -0.2) is 24.5 Å². The van der Waals surface area contributed by atoms with E-state index in [-0.39, 0.29) is 11.9 Å². The highest BCUT2D eigenvalue weighted by atomic mass is 16.8. The molecule has 116 valence electrons. The SMILES string of the molecule is Cc1cccc([C@H]2[C@@]3(C#N)[C@@]4(N=C(N)[C@@]23C#N)OC[C@H](C)O4)c1. The van der Waals surface area contributed by atoms with Crippen molar-refractivity contribution < 1.29 is 9.47 Å². The number of fused-ring (bicyclic) bond motifs is 2. The normalized spacial score (nSPS) is 43.6. The Morgan fingerprint density at radius 3 is 2.70 bits per heavy atom. The van der Waals surface area contributed by atoms with E-state index in [1.54, 1.807) is 0 Å². The van der Waals surface area contributed by atoms with Crippen LogP contribution < -0.4 is 5.73 Å². The Balaban J connectivity index is 1.93. The standard InChI is InChI=1S/C17H16N4O2/c1-10-4-3-5-12(6-10)13-15(8-18)14(20)21-17(16(13,15)9-19)22-7-11(2)23-17/h3-6,11,13H,7H2,1-2H3,(H2,20,21)/t11-,13+,15+,16+,17+/m0/s1. The fourth-order valence-electron chi connectivity index (χ4n) is 4.21.